The van der Waals surface area contributed by atoms with Crippen LogP contribution in [0.5, 0.6) is 0 Å². The first-order valence-electron chi connectivity index (χ1n) is 6.22. The fourth-order valence-electron chi connectivity index (χ4n) is 1.84. The summed E-state index contributed by atoms with van der Waals surface area (Å²) < 4.78 is 2.80. The number of nitrogens with one attached hydrogen (secondary N) is 1. The van der Waals surface area contributed by atoms with Gasteiger partial charge in [-0.3, -0.25) is 4.68 Å². The van der Waals surface area contributed by atoms with Crippen LogP contribution in [0.1, 0.15) is 12.7 Å². The van der Waals surface area contributed by atoms with Crippen LogP contribution < -0.4 is 5.32 Å². The Morgan fingerprint density at radius 1 is 1.40 bits per heavy atom. The van der Waals surface area contributed by atoms with Crippen molar-refractivity contribution in [2.75, 3.05) is 11.9 Å². The molecule has 6 nitrogen and oxygen atoms in total. The van der Waals surface area contributed by atoms with Gasteiger partial charge >= 0.3 is 0 Å². The summed E-state index contributed by atoms with van der Waals surface area (Å²) in [6.45, 7) is 2.87. The Morgan fingerprint density at radius 2 is 2.30 bits per heavy atom. The van der Waals surface area contributed by atoms with Crippen LogP contribution in [0, 0.1) is 0 Å². The van der Waals surface area contributed by atoms with E-state index in [1.807, 2.05) is 25.5 Å². The first kappa shape index (κ1) is 13.3. The first-order valence-corrected chi connectivity index (χ1v) is 8.09. The molecule has 0 spiro atoms. The standard InChI is InChI=1S/C12H14N6S2/c1-3-13-10-8-6-15-18(2)11(8)17-9(16-10)7-20-12-14-4-5-19-12/h4-6H,3,7H2,1-2H3,(H,13,16,17). The Hall–Kier alpha value is -1.67. The van der Waals surface area contributed by atoms with Crippen LogP contribution in [-0.4, -0.2) is 31.3 Å². The molecule has 0 radical (unpaired) electrons. The van der Waals surface area contributed by atoms with E-state index in [1.54, 1.807) is 34.0 Å². The molecule has 0 aromatic carbocycles. The molecular weight excluding hydrogens is 292 g/mol. The summed E-state index contributed by atoms with van der Waals surface area (Å²) in [5.74, 6) is 2.34. The van der Waals surface area contributed by atoms with E-state index in [1.165, 1.54) is 0 Å². The summed E-state index contributed by atoms with van der Waals surface area (Å²) in [5.41, 5.74) is 0.852. The molecule has 0 atom stereocenters. The third-order valence-electron chi connectivity index (χ3n) is 2.72. The predicted octanol–water partition coefficient (Wildman–Crippen LogP) is 2.54. The number of nitrogens with zero attached hydrogens (tertiary/aromatic N) is 5. The molecule has 3 aromatic rings. The highest BCUT2D eigenvalue weighted by Crippen LogP contribution is 2.25. The molecule has 3 rings (SSSR count). The predicted molar refractivity (Wildman–Crippen MR) is 82.1 cm³/mol. The molecule has 3 heterocycles. The minimum atomic E-state index is 0.701. The molecule has 0 aliphatic carbocycles. The molecule has 0 aliphatic rings. The van der Waals surface area contributed by atoms with Gasteiger partial charge in [0.2, 0.25) is 0 Å². The van der Waals surface area contributed by atoms with Crippen LogP contribution in [0.3, 0.4) is 0 Å². The van der Waals surface area contributed by atoms with Crippen LogP contribution in [0.2, 0.25) is 0 Å². The lowest BCUT2D eigenvalue weighted by atomic mass is 10.4. The number of thioether (sulfide) groups is 1. The first-order chi connectivity index (χ1) is 9.78. The molecule has 0 saturated heterocycles. The lowest BCUT2D eigenvalue weighted by Crippen LogP contribution is -2.05. The van der Waals surface area contributed by atoms with Crippen molar-refractivity contribution in [1.82, 2.24) is 24.7 Å². The van der Waals surface area contributed by atoms with E-state index in [9.17, 15) is 0 Å². The molecule has 0 bridgehead atoms. The van der Waals surface area contributed by atoms with Crippen LogP contribution in [0.4, 0.5) is 5.82 Å². The van der Waals surface area contributed by atoms with Crippen molar-refractivity contribution in [2.24, 2.45) is 7.05 Å². The minimum absolute atomic E-state index is 0.701. The van der Waals surface area contributed by atoms with E-state index in [0.29, 0.717) is 5.75 Å². The van der Waals surface area contributed by atoms with Crippen LogP contribution in [0.15, 0.2) is 22.1 Å². The second-order valence-corrected chi connectivity index (χ2v) is 6.23. The summed E-state index contributed by atoms with van der Waals surface area (Å²) in [5, 5.41) is 10.4. The van der Waals surface area contributed by atoms with Crippen molar-refractivity contribution in [3.63, 3.8) is 0 Å². The Kier molecular flexibility index (Phi) is 3.83. The van der Waals surface area contributed by atoms with Crippen molar-refractivity contribution >= 4 is 39.9 Å². The van der Waals surface area contributed by atoms with Gasteiger partial charge in [-0.05, 0) is 6.92 Å². The van der Waals surface area contributed by atoms with E-state index >= 15 is 0 Å². The molecular formula is C12H14N6S2. The third kappa shape index (κ3) is 2.61. The van der Waals surface area contributed by atoms with Gasteiger partial charge in [-0.25, -0.2) is 15.0 Å². The van der Waals surface area contributed by atoms with E-state index < -0.39 is 0 Å². The number of thiazole rings is 1. The summed E-state index contributed by atoms with van der Waals surface area (Å²) in [4.78, 5) is 13.4. The zero-order chi connectivity index (χ0) is 13.9. The lowest BCUT2D eigenvalue weighted by molar-refractivity contribution is 0.782. The molecule has 1 N–H and O–H groups in total. The fourth-order valence-corrected chi connectivity index (χ4v) is 3.33. The number of rotatable bonds is 5. The topological polar surface area (TPSA) is 68.5 Å². The number of hydrogen-bond donors (Lipinski definition) is 1. The highest BCUT2D eigenvalue weighted by Gasteiger charge is 2.11. The number of fused-ring (bicyclic) bond motifs is 1. The summed E-state index contributed by atoms with van der Waals surface area (Å²) in [6, 6.07) is 0. The highest BCUT2D eigenvalue weighted by molar-refractivity contribution is 8.00. The average Bonchev–Trinajstić information content (AvgIpc) is 3.08. The SMILES string of the molecule is CCNc1nc(CSc2nccs2)nc2c1cnn2C. The van der Waals surface area contributed by atoms with Gasteiger partial charge in [-0.1, -0.05) is 11.8 Å². The Labute approximate surface area is 124 Å². The fraction of sp³-hybridized carbons (Fsp3) is 0.333. The van der Waals surface area contributed by atoms with Gasteiger partial charge in [0.05, 0.1) is 17.3 Å². The van der Waals surface area contributed by atoms with Crippen LogP contribution in [0.25, 0.3) is 11.0 Å². The molecule has 0 unspecified atom stereocenters. The molecule has 0 amide bonds. The number of aromatic nitrogens is 5. The molecule has 8 heteroatoms. The minimum Gasteiger partial charge on any atom is -0.370 e. The summed E-state index contributed by atoms with van der Waals surface area (Å²) in [7, 11) is 1.89. The van der Waals surface area contributed by atoms with Gasteiger partial charge < -0.3 is 5.32 Å². The normalized spacial score (nSPS) is 11.1. The zero-order valence-electron chi connectivity index (χ0n) is 11.2. The summed E-state index contributed by atoms with van der Waals surface area (Å²) in [6.07, 6.45) is 3.60. The van der Waals surface area contributed by atoms with Crippen LogP contribution in [-0.2, 0) is 12.8 Å². The quantitative estimate of drug-likeness (QED) is 0.731. The Morgan fingerprint density at radius 3 is 3.05 bits per heavy atom. The van der Waals surface area contributed by atoms with Crippen LogP contribution >= 0.6 is 23.1 Å². The van der Waals surface area contributed by atoms with E-state index in [4.69, 9.17) is 0 Å². The van der Waals surface area contributed by atoms with Gasteiger partial charge in [0.15, 0.2) is 5.65 Å². The third-order valence-corrected chi connectivity index (χ3v) is 4.68. The maximum absolute atomic E-state index is 4.58. The van der Waals surface area contributed by atoms with Gasteiger partial charge in [0, 0.05) is 25.2 Å². The van der Waals surface area contributed by atoms with E-state index in [-0.39, 0.29) is 0 Å². The van der Waals surface area contributed by atoms with Crippen molar-refractivity contribution in [2.45, 2.75) is 17.0 Å². The summed E-state index contributed by atoms with van der Waals surface area (Å²) >= 11 is 3.28. The second kappa shape index (κ2) is 5.76. The van der Waals surface area contributed by atoms with E-state index in [2.05, 4.69) is 25.4 Å². The largest absolute Gasteiger partial charge is 0.370 e. The van der Waals surface area contributed by atoms with E-state index in [0.717, 1.165) is 33.6 Å². The monoisotopic (exact) mass is 306 g/mol. The Balaban J connectivity index is 1.91. The Bertz CT molecular complexity index is 706. The number of aryl methyl sites for hydroxylation is 1. The van der Waals surface area contributed by atoms with Crippen molar-refractivity contribution in [3.8, 4) is 0 Å². The van der Waals surface area contributed by atoms with Crippen molar-refractivity contribution in [1.29, 1.82) is 0 Å². The molecule has 0 saturated carbocycles. The number of hydrogen-bond acceptors (Lipinski definition) is 7. The smallest absolute Gasteiger partial charge is 0.163 e. The molecule has 104 valence electrons. The average molecular weight is 306 g/mol. The van der Waals surface area contributed by atoms with Gasteiger partial charge in [0.1, 0.15) is 16.0 Å². The van der Waals surface area contributed by atoms with Crippen molar-refractivity contribution < 1.29 is 0 Å². The molecule has 0 aliphatic heterocycles. The molecule has 20 heavy (non-hydrogen) atoms. The maximum atomic E-state index is 4.58. The zero-order valence-corrected chi connectivity index (χ0v) is 12.8. The maximum Gasteiger partial charge on any atom is 0.163 e. The molecule has 3 aromatic heterocycles. The lowest BCUT2D eigenvalue weighted by Gasteiger charge is -2.06. The van der Waals surface area contributed by atoms with Gasteiger partial charge in [0.25, 0.3) is 0 Å². The van der Waals surface area contributed by atoms with Gasteiger partial charge in [-0.15, -0.1) is 11.3 Å². The van der Waals surface area contributed by atoms with Crippen molar-refractivity contribution in [3.05, 3.63) is 23.6 Å². The number of anilines is 1. The molecule has 0 fully saturated rings. The second-order valence-electron chi connectivity index (χ2n) is 4.11. The van der Waals surface area contributed by atoms with Gasteiger partial charge in [-0.2, -0.15) is 5.10 Å². The highest BCUT2D eigenvalue weighted by atomic mass is 32.2.